The van der Waals surface area contributed by atoms with Gasteiger partial charge in [0.2, 0.25) is 0 Å². The molecule has 2 aromatic rings. The Balaban J connectivity index is 1.86. The van der Waals surface area contributed by atoms with Gasteiger partial charge in [-0.05, 0) is 30.7 Å². The molecule has 0 atom stereocenters. The number of nitrogens with zero attached hydrogens (tertiary/aromatic N) is 1. The van der Waals surface area contributed by atoms with Crippen LogP contribution in [0.5, 0.6) is 11.5 Å². The van der Waals surface area contributed by atoms with E-state index in [1.807, 2.05) is 30.3 Å². The summed E-state index contributed by atoms with van der Waals surface area (Å²) in [6, 6.07) is 13.1. The molecular formula is C21H24N2O5S2. The highest BCUT2D eigenvalue weighted by Crippen LogP contribution is 2.44. The Hall–Kier alpha value is -2.65. The second-order valence-electron chi connectivity index (χ2n) is 6.57. The third-order valence-corrected chi connectivity index (χ3v) is 7.75. The summed E-state index contributed by atoms with van der Waals surface area (Å²) in [5.41, 5.74) is 1.41. The van der Waals surface area contributed by atoms with Gasteiger partial charge in [-0.15, -0.1) is 11.8 Å². The lowest BCUT2D eigenvalue weighted by Gasteiger charge is -2.30. The Kier molecular flexibility index (Phi) is 6.62. The van der Waals surface area contributed by atoms with Crippen LogP contribution in [0, 0.1) is 0 Å². The molecule has 3 rings (SSSR count). The maximum absolute atomic E-state index is 13.1. The van der Waals surface area contributed by atoms with Crippen molar-refractivity contribution in [2.45, 2.75) is 11.8 Å². The van der Waals surface area contributed by atoms with E-state index in [1.54, 1.807) is 30.8 Å². The van der Waals surface area contributed by atoms with Crippen molar-refractivity contribution in [2.75, 3.05) is 37.9 Å². The average molecular weight is 449 g/mol. The van der Waals surface area contributed by atoms with E-state index in [2.05, 4.69) is 5.32 Å². The van der Waals surface area contributed by atoms with Gasteiger partial charge in [-0.3, -0.25) is 9.10 Å². The van der Waals surface area contributed by atoms with Crippen LogP contribution in [0.1, 0.15) is 12.5 Å². The molecule has 0 spiro atoms. The number of thioether (sulfide) groups is 1. The van der Waals surface area contributed by atoms with Crippen molar-refractivity contribution < 1.29 is 22.7 Å². The van der Waals surface area contributed by atoms with Crippen LogP contribution in [0.2, 0.25) is 0 Å². The monoisotopic (exact) mass is 448 g/mol. The van der Waals surface area contributed by atoms with Crippen molar-refractivity contribution in [2.24, 2.45) is 0 Å². The number of hydrogen-bond acceptors (Lipinski definition) is 6. The van der Waals surface area contributed by atoms with Crippen LogP contribution in [-0.4, -0.2) is 47.9 Å². The summed E-state index contributed by atoms with van der Waals surface area (Å²) in [5.74, 6) is 0.882. The number of benzene rings is 2. The van der Waals surface area contributed by atoms with Gasteiger partial charge in [-0.1, -0.05) is 18.2 Å². The minimum atomic E-state index is -4.00. The summed E-state index contributed by atoms with van der Waals surface area (Å²) in [4.78, 5) is 13.7. The molecule has 0 aromatic heterocycles. The van der Waals surface area contributed by atoms with E-state index in [0.29, 0.717) is 40.6 Å². The van der Waals surface area contributed by atoms with Crippen LogP contribution in [0.3, 0.4) is 0 Å². The number of fused-ring (bicyclic) bond motifs is 1. The molecule has 160 valence electrons. The Bertz CT molecular complexity index is 1080. The lowest BCUT2D eigenvalue weighted by atomic mass is 10.0. The number of ether oxygens (including phenoxy) is 2. The number of allylic oxidation sites excluding steroid dienone is 1. The van der Waals surface area contributed by atoms with Gasteiger partial charge in [0.05, 0.1) is 19.9 Å². The second-order valence-corrected chi connectivity index (χ2v) is 9.64. The largest absolute Gasteiger partial charge is 0.493 e. The maximum atomic E-state index is 13.1. The summed E-state index contributed by atoms with van der Waals surface area (Å²) in [7, 11) is 0.409. The normalized spacial score (nSPS) is 14.9. The number of hydrogen-bond donors (Lipinski definition) is 1. The molecule has 0 saturated carbocycles. The first kappa shape index (κ1) is 22.0. The predicted molar refractivity (Wildman–Crippen MR) is 120 cm³/mol. The summed E-state index contributed by atoms with van der Waals surface area (Å²) in [6.07, 6.45) is 0. The zero-order valence-corrected chi connectivity index (χ0v) is 18.9. The molecular weight excluding hydrogens is 424 g/mol. The number of sulfonamides is 1. The number of amides is 1. The topological polar surface area (TPSA) is 84.9 Å². The molecule has 0 bridgehead atoms. The summed E-state index contributed by atoms with van der Waals surface area (Å²) in [6.45, 7) is 1.97. The fourth-order valence-electron chi connectivity index (χ4n) is 3.23. The molecule has 0 radical (unpaired) electrons. The molecule has 2 aromatic carbocycles. The van der Waals surface area contributed by atoms with Crippen LogP contribution in [0.4, 0.5) is 5.69 Å². The van der Waals surface area contributed by atoms with E-state index in [-0.39, 0.29) is 4.91 Å². The van der Waals surface area contributed by atoms with Gasteiger partial charge in [0, 0.05) is 35.9 Å². The number of carbonyl (C=O) groups excluding carboxylic acids is 1. The van der Waals surface area contributed by atoms with Crippen LogP contribution >= 0.6 is 11.8 Å². The van der Waals surface area contributed by atoms with Gasteiger partial charge in [-0.25, -0.2) is 8.42 Å². The molecule has 9 heteroatoms. The summed E-state index contributed by atoms with van der Waals surface area (Å²) >= 11 is 1.59. The molecule has 0 saturated heterocycles. The minimum Gasteiger partial charge on any atom is -0.493 e. The van der Waals surface area contributed by atoms with Gasteiger partial charge in [0.1, 0.15) is 0 Å². The number of nitrogens with one attached hydrogen (secondary N) is 1. The van der Waals surface area contributed by atoms with Gasteiger partial charge in [0.15, 0.2) is 16.4 Å². The fourth-order valence-corrected chi connectivity index (χ4v) is 5.51. The van der Waals surface area contributed by atoms with Crippen molar-refractivity contribution in [3.8, 4) is 11.5 Å². The SMILES string of the molecule is COc1cc2c(cc1OC)N(C)S(=O)(=O)C(C(=O)NCCSc1ccccc1)=C2C. The zero-order chi connectivity index (χ0) is 21.9. The van der Waals surface area contributed by atoms with Gasteiger partial charge in [0.25, 0.3) is 15.9 Å². The van der Waals surface area contributed by atoms with E-state index in [0.717, 1.165) is 9.20 Å². The first-order valence-corrected chi connectivity index (χ1v) is 11.7. The van der Waals surface area contributed by atoms with Gasteiger partial charge < -0.3 is 14.8 Å². The number of anilines is 1. The Labute approximate surface area is 181 Å². The second kappa shape index (κ2) is 9.01. The highest BCUT2D eigenvalue weighted by molar-refractivity contribution is 7.99. The lowest BCUT2D eigenvalue weighted by Crippen LogP contribution is -2.39. The Morgan fingerprint density at radius 2 is 1.73 bits per heavy atom. The van der Waals surface area contributed by atoms with E-state index in [4.69, 9.17) is 9.47 Å². The van der Waals surface area contributed by atoms with E-state index in [1.165, 1.54) is 21.3 Å². The van der Waals surface area contributed by atoms with Gasteiger partial charge in [-0.2, -0.15) is 0 Å². The third-order valence-electron chi connectivity index (χ3n) is 4.81. The Morgan fingerprint density at radius 3 is 2.37 bits per heavy atom. The molecule has 1 aliphatic heterocycles. The first-order chi connectivity index (χ1) is 14.3. The van der Waals surface area contributed by atoms with Crippen LogP contribution < -0.4 is 19.1 Å². The van der Waals surface area contributed by atoms with E-state index < -0.39 is 15.9 Å². The van der Waals surface area contributed by atoms with Crippen molar-refractivity contribution in [3.05, 3.63) is 52.9 Å². The van der Waals surface area contributed by atoms with Crippen LogP contribution in [0.25, 0.3) is 5.57 Å². The minimum absolute atomic E-state index is 0.255. The fraction of sp³-hybridized carbons (Fsp3) is 0.286. The van der Waals surface area contributed by atoms with E-state index >= 15 is 0 Å². The van der Waals surface area contributed by atoms with Crippen molar-refractivity contribution in [3.63, 3.8) is 0 Å². The standard InChI is InChI=1S/C21H24N2O5S2/c1-14-16-12-18(27-3)19(28-4)13-17(16)23(2)30(25,26)20(14)21(24)22-10-11-29-15-8-6-5-7-9-15/h5-9,12-13H,10-11H2,1-4H3,(H,22,24). The number of rotatable bonds is 7. The van der Waals surface area contributed by atoms with Crippen molar-refractivity contribution >= 4 is 39.0 Å². The molecule has 30 heavy (non-hydrogen) atoms. The predicted octanol–water partition coefficient (Wildman–Crippen LogP) is 3.12. The molecule has 1 aliphatic rings. The number of carbonyl (C=O) groups is 1. The van der Waals surface area contributed by atoms with Crippen molar-refractivity contribution in [1.29, 1.82) is 0 Å². The zero-order valence-electron chi connectivity index (χ0n) is 17.3. The highest BCUT2D eigenvalue weighted by Gasteiger charge is 2.38. The average Bonchev–Trinajstić information content (AvgIpc) is 2.75. The summed E-state index contributed by atoms with van der Waals surface area (Å²) < 4.78 is 37.9. The molecule has 1 heterocycles. The molecule has 1 N–H and O–H groups in total. The lowest BCUT2D eigenvalue weighted by molar-refractivity contribution is -0.116. The molecule has 1 amide bonds. The molecule has 0 aliphatic carbocycles. The number of methoxy groups -OCH3 is 2. The van der Waals surface area contributed by atoms with E-state index in [9.17, 15) is 13.2 Å². The quantitative estimate of drug-likeness (QED) is 0.518. The van der Waals surface area contributed by atoms with Gasteiger partial charge >= 0.3 is 0 Å². The smallest absolute Gasteiger partial charge is 0.269 e. The third kappa shape index (κ3) is 4.13. The molecule has 0 unspecified atom stereocenters. The Morgan fingerprint density at radius 1 is 1.10 bits per heavy atom. The first-order valence-electron chi connectivity index (χ1n) is 9.23. The van der Waals surface area contributed by atoms with Crippen LogP contribution in [-0.2, 0) is 14.8 Å². The van der Waals surface area contributed by atoms with Crippen molar-refractivity contribution in [1.82, 2.24) is 5.32 Å². The molecule has 0 fully saturated rings. The maximum Gasteiger partial charge on any atom is 0.269 e. The summed E-state index contributed by atoms with van der Waals surface area (Å²) in [5, 5.41) is 2.73. The highest BCUT2D eigenvalue weighted by atomic mass is 32.2. The van der Waals surface area contributed by atoms with Crippen LogP contribution in [0.15, 0.2) is 52.3 Å². The molecule has 7 nitrogen and oxygen atoms in total.